The molecule has 0 radical (unpaired) electrons. The number of benzene rings is 2. The molecule has 2 N–H and O–H groups in total. The molecule has 0 bridgehead atoms. The molecule has 0 aliphatic carbocycles. The van der Waals surface area contributed by atoms with Crippen molar-refractivity contribution in [2.24, 2.45) is 5.16 Å². The molecule has 6 nitrogen and oxygen atoms in total. The van der Waals surface area contributed by atoms with Gasteiger partial charge in [-0.25, -0.2) is 0 Å². The Hall–Kier alpha value is -2.86. The van der Waals surface area contributed by atoms with Gasteiger partial charge >= 0.3 is 0 Å². The second-order valence-electron chi connectivity index (χ2n) is 4.32. The molecule has 0 saturated carbocycles. The zero-order chi connectivity index (χ0) is 15.8. The van der Waals surface area contributed by atoms with Gasteiger partial charge in [0.15, 0.2) is 6.10 Å². The summed E-state index contributed by atoms with van der Waals surface area (Å²) in [5.74, 6) is 0.697. The van der Waals surface area contributed by atoms with E-state index in [2.05, 4.69) is 10.5 Å². The predicted octanol–water partition coefficient (Wildman–Crippen LogP) is 2.70. The molecule has 0 saturated heterocycles. The zero-order valence-electron chi connectivity index (χ0n) is 12.0. The third-order valence-electron chi connectivity index (χ3n) is 2.91. The van der Waals surface area contributed by atoms with Crippen molar-refractivity contribution >= 4 is 12.2 Å². The summed E-state index contributed by atoms with van der Waals surface area (Å²) in [7, 11) is 1.42. The number of nitrogens with zero attached hydrogens (tertiary/aromatic N) is 1. The van der Waals surface area contributed by atoms with Gasteiger partial charge in [0.1, 0.15) is 17.8 Å². The third kappa shape index (κ3) is 3.83. The third-order valence-corrected chi connectivity index (χ3v) is 2.91. The Labute approximate surface area is 128 Å². The van der Waals surface area contributed by atoms with Crippen LogP contribution in [-0.4, -0.2) is 24.6 Å². The number of carbonyl (C=O) groups excluding carboxylic acids is 1. The van der Waals surface area contributed by atoms with Gasteiger partial charge in [-0.3, -0.25) is 4.79 Å². The molecule has 114 valence electrons. The molecule has 2 aromatic carbocycles. The maximum atomic E-state index is 12.0. The van der Waals surface area contributed by atoms with Crippen molar-refractivity contribution in [1.82, 2.24) is 5.32 Å². The minimum Gasteiger partial charge on any atom is -0.457 e. The van der Waals surface area contributed by atoms with Crippen molar-refractivity contribution in [3.63, 3.8) is 0 Å². The minimum atomic E-state index is -0.891. The van der Waals surface area contributed by atoms with Crippen LogP contribution in [0.4, 0.5) is 0 Å². The van der Waals surface area contributed by atoms with Gasteiger partial charge in [-0.05, 0) is 18.2 Å². The first-order valence-corrected chi connectivity index (χ1v) is 6.57. The van der Waals surface area contributed by atoms with Crippen LogP contribution in [0.1, 0.15) is 11.7 Å². The lowest BCUT2D eigenvalue weighted by Gasteiger charge is -2.17. The Morgan fingerprint density at radius 1 is 1.18 bits per heavy atom. The number of hydrogen-bond acceptors (Lipinski definition) is 5. The van der Waals surface area contributed by atoms with Gasteiger partial charge in [0, 0.05) is 12.7 Å². The summed E-state index contributed by atoms with van der Waals surface area (Å²) in [5, 5.41) is 13.4. The maximum Gasteiger partial charge on any atom is 0.259 e. The highest BCUT2D eigenvalue weighted by molar-refractivity contribution is 5.91. The Bertz CT molecular complexity index is 644. The van der Waals surface area contributed by atoms with Crippen LogP contribution in [0.2, 0.25) is 0 Å². The molecule has 0 aliphatic rings. The summed E-state index contributed by atoms with van der Waals surface area (Å²) in [6, 6.07) is 16.3. The van der Waals surface area contributed by atoms with E-state index in [1.165, 1.54) is 7.11 Å². The number of oxime groups is 1. The standard InChI is InChI=1S/C16H16N2O4/c1-21-15(16(19)17-11-18-20)13-9-5-6-10-14(13)22-12-7-3-2-4-8-12/h2-11,15,20H,1H3,(H,17,18,19). The molecule has 6 heteroatoms. The lowest BCUT2D eigenvalue weighted by Crippen LogP contribution is -2.29. The molecule has 1 unspecified atom stereocenters. The number of hydrogen-bond donors (Lipinski definition) is 2. The monoisotopic (exact) mass is 300 g/mol. The summed E-state index contributed by atoms with van der Waals surface area (Å²) in [4.78, 5) is 12.0. The summed E-state index contributed by atoms with van der Waals surface area (Å²) < 4.78 is 11.0. The van der Waals surface area contributed by atoms with E-state index in [9.17, 15) is 4.79 Å². The molecule has 2 rings (SSSR count). The fourth-order valence-electron chi connectivity index (χ4n) is 1.95. The summed E-state index contributed by atoms with van der Waals surface area (Å²) in [6.45, 7) is 0. The van der Waals surface area contributed by atoms with Gasteiger partial charge in [-0.15, -0.1) is 0 Å². The highest BCUT2D eigenvalue weighted by Gasteiger charge is 2.23. The van der Waals surface area contributed by atoms with Gasteiger partial charge in [-0.1, -0.05) is 41.6 Å². The van der Waals surface area contributed by atoms with E-state index >= 15 is 0 Å². The first-order chi connectivity index (χ1) is 10.8. The van der Waals surface area contributed by atoms with E-state index < -0.39 is 12.0 Å². The van der Waals surface area contributed by atoms with Crippen LogP contribution >= 0.6 is 0 Å². The Kier molecular flexibility index (Phi) is 5.50. The fraction of sp³-hybridized carbons (Fsp3) is 0.125. The maximum absolute atomic E-state index is 12.0. The summed E-state index contributed by atoms with van der Waals surface area (Å²) in [5.41, 5.74) is 0.567. The van der Waals surface area contributed by atoms with Crippen molar-refractivity contribution in [2.75, 3.05) is 7.11 Å². The number of amides is 1. The highest BCUT2D eigenvalue weighted by Crippen LogP contribution is 2.31. The van der Waals surface area contributed by atoms with Crippen LogP contribution in [0, 0.1) is 0 Å². The van der Waals surface area contributed by atoms with Crippen LogP contribution < -0.4 is 10.1 Å². The number of para-hydroxylation sites is 2. The predicted molar refractivity (Wildman–Crippen MR) is 81.1 cm³/mol. The van der Waals surface area contributed by atoms with Crippen molar-refractivity contribution in [3.05, 3.63) is 60.2 Å². The van der Waals surface area contributed by atoms with Gasteiger partial charge < -0.3 is 20.0 Å². The fourth-order valence-corrected chi connectivity index (χ4v) is 1.95. The number of methoxy groups -OCH3 is 1. The average Bonchev–Trinajstić information content (AvgIpc) is 2.56. The molecule has 1 amide bonds. The van der Waals surface area contributed by atoms with Gasteiger partial charge in [0.05, 0.1) is 0 Å². The smallest absolute Gasteiger partial charge is 0.259 e. The molecule has 2 aromatic rings. The van der Waals surface area contributed by atoms with Crippen LogP contribution in [0.15, 0.2) is 59.8 Å². The summed E-state index contributed by atoms with van der Waals surface area (Å²) in [6.07, 6.45) is -0.00687. The van der Waals surface area contributed by atoms with Crippen LogP contribution in [0.25, 0.3) is 0 Å². The van der Waals surface area contributed by atoms with Gasteiger partial charge in [0.25, 0.3) is 5.91 Å². The first-order valence-electron chi connectivity index (χ1n) is 6.57. The van der Waals surface area contributed by atoms with Crippen molar-refractivity contribution in [2.45, 2.75) is 6.10 Å². The second-order valence-corrected chi connectivity index (χ2v) is 4.32. The molecule has 0 heterocycles. The molecule has 22 heavy (non-hydrogen) atoms. The van der Waals surface area contributed by atoms with Gasteiger partial charge in [0.2, 0.25) is 0 Å². The number of carbonyl (C=O) groups is 1. The molecular formula is C16H16N2O4. The SMILES string of the molecule is COC(C(=O)N/C=N/O)c1ccccc1Oc1ccccc1. The molecule has 0 aliphatic heterocycles. The van der Waals surface area contributed by atoms with Crippen molar-refractivity contribution in [3.8, 4) is 11.5 Å². The Morgan fingerprint density at radius 2 is 1.86 bits per heavy atom. The van der Waals surface area contributed by atoms with E-state index in [-0.39, 0.29) is 0 Å². The zero-order valence-corrected chi connectivity index (χ0v) is 12.0. The quantitative estimate of drug-likeness (QED) is 0.372. The topological polar surface area (TPSA) is 80.2 Å². The minimum absolute atomic E-state index is 0.468. The first kappa shape index (κ1) is 15.5. The molecule has 1 atom stereocenters. The Morgan fingerprint density at radius 3 is 2.55 bits per heavy atom. The van der Waals surface area contributed by atoms with E-state index in [4.69, 9.17) is 14.7 Å². The number of nitrogens with one attached hydrogen (secondary N) is 1. The molecular weight excluding hydrogens is 284 g/mol. The van der Waals surface area contributed by atoms with Crippen molar-refractivity contribution in [1.29, 1.82) is 0 Å². The van der Waals surface area contributed by atoms with E-state index in [1.54, 1.807) is 18.2 Å². The van der Waals surface area contributed by atoms with Crippen LogP contribution in [0.5, 0.6) is 11.5 Å². The van der Waals surface area contributed by atoms with E-state index in [0.717, 1.165) is 6.34 Å². The van der Waals surface area contributed by atoms with E-state index in [0.29, 0.717) is 17.1 Å². The summed E-state index contributed by atoms with van der Waals surface area (Å²) >= 11 is 0. The lowest BCUT2D eigenvalue weighted by molar-refractivity contribution is -0.129. The van der Waals surface area contributed by atoms with Gasteiger partial charge in [-0.2, -0.15) is 0 Å². The Balaban J connectivity index is 2.28. The molecule has 0 aromatic heterocycles. The normalized spacial score (nSPS) is 12.0. The molecule has 0 fully saturated rings. The number of ether oxygens (including phenoxy) is 2. The average molecular weight is 300 g/mol. The van der Waals surface area contributed by atoms with Crippen LogP contribution in [-0.2, 0) is 9.53 Å². The second kappa shape index (κ2) is 7.80. The largest absolute Gasteiger partial charge is 0.457 e. The van der Waals surface area contributed by atoms with Crippen LogP contribution in [0.3, 0.4) is 0 Å². The number of rotatable bonds is 6. The van der Waals surface area contributed by atoms with E-state index in [1.807, 2.05) is 36.4 Å². The highest BCUT2D eigenvalue weighted by atomic mass is 16.5. The van der Waals surface area contributed by atoms with Crippen molar-refractivity contribution < 1.29 is 19.5 Å². The lowest BCUT2D eigenvalue weighted by atomic mass is 10.1. The molecule has 0 spiro atoms.